The number of hydrogen-bond donors (Lipinski definition) is 0. The van der Waals surface area contributed by atoms with E-state index >= 15 is 0 Å². The van der Waals surface area contributed by atoms with E-state index in [1.54, 1.807) is 0 Å². The number of esters is 1. The number of carbonyl (C=O) groups excluding carboxylic acids is 1. The minimum Gasteiger partial charge on any atom is -0.756 e. The van der Waals surface area contributed by atoms with Crippen LogP contribution in [0.15, 0.2) is 12.2 Å². The van der Waals surface area contributed by atoms with Gasteiger partial charge in [0.15, 0.2) is 0 Å². The molecule has 0 bridgehead atoms. The molecule has 0 fully saturated rings. The number of phosphoric ester groups is 1. The van der Waals surface area contributed by atoms with Crippen molar-refractivity contribution in [3.8, 4) is 0 Å². The minimum absolute atomic E-state index is 0.0278. The van der Waals surface area contributed by atoms with E-state index in [2.05, 4.69) is 26.0 Å². The van der Waals surface area contributed by atoms with E-state index in [9.17, 15) is 14.3 Å². The van der Waals surface area contributed by atoms with Crippen molar-refractivity contribution < 1.29 is 37.3 Å². The van der Waals surface area contributed by atoms with Crippen molar-refractivity contribution in [3.05, 3.63) is 12.2 Å². The van der Waals surface area contributed by atoms with Crippen LogP contribution >= 0.6 is 7.82 Å². The number of hydrogen-bond acceptors (Lipinski definition) is 7. The molecule has 0 aromatic carbocycles. The first kappa shape index (κ1) is 53.2. The van der Waals surface area contributed by atoms with Gasteiger partial charge in [0.1, 0.15) is 19.3 Å². The Kier molecular flexibility index (Phi) is 38.5. The Morgan fingerprint density at radius 2 is 0.963 bits per heavy atom. The van der Waals surface area contributed by atoms with Crippen molar-refractivity contribution in [2.45, 2.75) is 219 Å². The highest BCUT2D eigenvalue weighted by Crippen LogP contribution is 2.38. The number of likely N-dealkylation sites (N-methyl/N-ethyl adjacent to an activating group) is 1. The molecule has 0 radical (unpaired) electrons. The zero-order chi connectivity index (χ0) is 39.9. The first-order valence-corrected chi connectivity index (χ1v) is 24.4. The van der Waals surface area contributed by atoms with Gasteiger partial charge in [-0.25, -0.2) is 0 Å². The lowest BCUT2D eigenvalue weighted by atomic mass is 10.0. The van der Waals surface area contributed by atoms with Gasteiger partial charge >= 0.3 is 5.97 Å². The van der Waals surface area contributed by atoms with Gasteiger partial charge in [-0.05, 0) is 38.5 Å². The fraction of sp³-hybridized carbons (Fsp3) is 0.933. The van der Waals surface area contributed by atoms with Crippen molar-refractivity contribution >= 4 is 13.8 Å². The molecule has 322 valence electrons. The molecule has 0 saturated heterocycles. The molecule has 0 saturated carbocycles. The van der Waals surface area contributed by atoms with E-state index in [4.69, 9.17) is 18.5 Å². The molecule has 0 rings (SSSR count). The summed E-state index contributed by atoms with van der Waals surface area (Å²) in [5.74, 6) is -0.339. The molecule has 54 heavy (non-hydrogen) atoms. The van der Waals surface area contributed by atoms with Gasteiger partial charge in [0.2, 0.25) is 0 Å². The Bertz CT molecular complexity index is 879. The molecule has 9 heteroatoms. The van der Waals surface area contributed by atoms with Crippen LogP contribution in [0.2, 0.25) is 0 Å². The fourth-order valence-electron chi connectivity index (χ4n) is 6.48. The Balaban J connectivity index is 4.17. The van der Waals surface area contributed by atoms with E-state index in [1.165, 1.54) is 148 Å². The maximum Gasteiger partial charge on any atom is 0.306 e. The Morgan fingerprint density at radius 1 is 0.556 bits per heavy atom. The van der Waals surface area contributed by atoms with Crippen molar-refractivity contribution in [1.29, 1.82) is 0 Å². The largest absolute Gasteiger partial charge is 0.756 e. The van der Waals surface area contributed by atoms with E-state index in [0.29, 0.717) is 24.1 Å². The fourth-order valence-corrected chi connectivity index (χ4v) is 7.21. The number of phosphoric acid groups is 1. The molecule has 0 N–H and O–H groups in total. The van der Waals surface area contributed by atoms with E-state index in [-0.39, 0.29) is 25.8 Å². The summed E-state index contributed by atoms with van der Waals surface area (Å²) in [7, 11) is 1.36. The normalized spacial score (nSPS) is 13.8. The average Bonchev–Trinajstić information content (AvgIpc) is 3.12. The van der Waals surface area contributed by atoms with Gasteiger partial charge in [0.25, 0.3) is 7.82 Å². The highest BCUT2D eigenvalue weighted by Gasteiger charge is 2.20. The lowest BCUT2D eigenvalue weighted by Crippen LogP contribution is -2.37. The summed E-state index contributed by atoms with van der Waals surface area (Å²) in [6, 6.07) is 0. The van der Waals surface area contributed by atoms with Gasteiger partial charge in [-0.15, -0.1) is 0 Å². The Hall–Kier alpha value is -0.760. The maximum absolute atomic E-state index is 12.7. The van der Waals surface area contributed by atoms with E-state index < -0.39 is 13.9 Å². The molecule has 8 nitrogen and oxygen atoms in total. The van der Waals surface area contributed by atoms with Crippen molar-refractivity contribution in [1.82, 2.24) is 0 Å². The lowest BCUT2D eigenvalue weighted by molar-refractivity contribution is -0.870. The molecule has 0 aliphatic rings. The summed E-state index contributed by atoms with van der Waals surface area (Å²) in [4.78, 5) is 25.0. The summed E-state index contributed by atoms with van der Waals surface area (Å²) in [5.41, 5.74) is 0. The number of unbranched alkanes of at least 4 members (excludes halogenated alkanes) is 27. The number of carbonyl (C=O) groups is 1. The lowest BCUT2D eigenvalue weighted by Gasteiger charge is -2.28. The standard InChI is InChI=1S/C45H90NO7P/c1-6-8-10-12-14-16-18-20-22-23-24-25-27-29-31-33-35-37-40-50-42-44(43-52-54(48,49)51-41-39-46(3,4)5)53-45(47)38-36-34-32-30-28-26-21-19-17-15-13-11-9-7-2/h19,21,44H,6-18,20,22-43H2,1-5H3/b21-19-/t44-/m1/s1. The monoisotopic (exact) mass is 788 g/mol. The molecule has 1 unspecified atom stereocenters. The number of ether oxygens (including phenoxy) is 2. The van der Waals surface area contributed by atoms with Crippen LogP contribution in [0.1, 0.15) is 213 Å². The number of nitrogens with zero attached hydrogens (tertiary/aromatic N) is 1. The molecule has 2 atom stereocenters. The second-order valence-electron chi connectivity index (χ2n) is 16.8. The van der Waals surface area contributed by atoms with Crippen LogP contribution in [-0.2, 0) is 27.9 Å². The Morgan fingerprint density at radius 3 is 1.41 bits per heavy atom. The van der Waals surface area contributed by atoms with Crippen molar-refractivity contribution in [2.24, 2.45) is 0 Å². The Labute approximate surface area is 335 Å². The minimum atomic E-state index is -4.52. The van der Waals surface area contributed by atoms with Crippen molar-refractivity contribution in [2.75, 3.05) is 54.1 Å². The maximum atomic E-state index is 12.7. The zero-order valence-electron chi connectivity index (χ0n) is 36.4. The number of quaternary nitrogens is 1. The van der Waals surface area contributed by atoms with E-state index in [1.807, 2.05) is 21.1 Å². The summed E-state index contributed by atoms with van der Waals surface area (Å²) < 4.78 is 34.6. The van der Waals surface area contributed by atoms with Gasteiger partial charge in [0.05, 0.1) is 34.4 Å². The molecular weight excluding hydrogens is 697 g/mol. The van der Waals surface area contributed by atoms with E-state index in [0.717, 1.165) is 44.9 Å². The molecule has 0 amide bonds. The van der Waals surface area contributed by atoms with Gasteiger partial charge < -0.3 is 27.9 Å². The molecular formula is C45H90NO7P. The average molecular weight is 788 g/mol. The van der Waals surface area contributed by atoms with Crippen LogP contribution in [-0.4, -0.2) is 70.7 Å². The van der Waals surface area contributed by atoms with Gasteiger partial charge in [-0.2, -0.15) is 0 Å². The molecule has 0 spiro atoms. The van der Waals surface area contributed by atoms with Crippen LogP contribution in [0.25, 0.3) is 0 Å². The van der Waals surface area contributed by atoms with Gasteiger partial charge in [0, 0.05) is 13.0 Å². The first-order chi connectivity index (χ1) is 26.1. The summed E-state index contributed by atoms with van der Waals surface area (Å²) in [5, 5.41) is 0. The topological polar surface area (TPSA) is 94.1 Å². The second kappa shape index (κ2) is 39.1. The molecule has 0 aromatic rings. The first-order valence-electron chi connectivity index (χ1n) is 22.9. The molecule has 0 heterocycles. The van der Waals surface area contributed by atoms with Crippen LogP contribution in [0, 0.1) is 0 Å². The predicted octanol–water partition coefficient (Wildman–Crippen LogP) is 12.8. The predicted molar refractivity (Wildman–Crippen MR) is 227 cm³/mol. The SMILES string of the molecule is CCCCCCC/C=C\CCCCCCCC(=O)O[C@H](COCCCCCCCCCCCCCCCCCCCC)COP(=O)([O-])OCC[N+](C)(C)C. The third-order valence-corrected chi connectivity index (χ3v) is 11.0. The van der Waals surface area contributed by atoms with Crippen LogP contribution in [0.4, 0.5) is 0 Å². The highest BCUT2D eigenvalue weighted by atomic mass is 31.2. The third-order valence-electron chi connectivity index (χ3n) is 10.1. The summed E-state index contributed by atoms with van der Waals surface area (Å²) in [6.07, 6.45) is 42.2. The summed E-state index contributed by atoms with van der Waals surface area (Å²) in [6.45, 7) is 5.43. The zero-order valence-corrected chi connectivity index (χ0v) is 37.3. The third kappa shape index (κ3) is 42.4. The van der Waals surface area contributed by atoms with Gasteiger partial charge in [-0.1, -0.05) is 180 Å². The second-order valence-corrected chi connectivity index (χ2v) is 18.2. The number of allylic oxidation sites excluding steroid dienone is 2. The highest BCUT2D eigenvalue weighted by molar-refractivity contribution is 7.45. The van der Waals surface area contributed by atoms with Crippen LogP contribution < -0.4 is 4.89 Å². The van der Waals surface area contributed by atoms with Crippen molar-refractivity contribution in [3.63, 3.8) is 0 Å². The summed E-state index contributed by atoms with van der Waals surface area (Å²) >= 11 is 0. The molecule has 0 aliphatic heterocycles. The smallest absolute Gasteiger partial charge is 0.306 e. The van der Waals surface area contributed by atoms with Gasteiger partial charge in [-0.3, -0.25) is 9.36 Å². The molecule has 0 aliphatic carbocycles. The number of rotatable bonds is 43. The molecule has 0 aromatic heterocycles. The van der Waals surface area contributed by atoms with Crippen LogP contribution in [0.5, 0.6) is 0 Å². The quantitative estimate of drug-likeness (QED) is 0.0200. The van der Waals surface area contributed by atoms with Crippen LogP contribution in [0.3, 0.4) is 0 Å².